The second-order valence-corrected chi connectivity index (χ2v) is 3.01. The van der Waals surface area contributed by atoms with Gasteiger partial charge in [0.15, 0.2) is 0 Å². The predicted octanol–water partition coefficient (Wildman–Crippen LogP) is 0.445. The standard InChI is InChI=1S/C8H12N2O3/c1-4-13-7(12)6(10-9)8(2,3)5-11/h5H,4H2,1-3H3. The highest BCUT2D eigenvalue weighted by atomic mass is 16.5. The molecule has 0 unspecified atom stereocenters. The maximum atomic E-state index is 11.1. The van der Waals surface area contributed by atoms with Gasteiger partial charge < -0.3 is 15.1 Å². The van der Waals surface area contributed by atoms with Crippen molar-refractivity contribution in [1.29, 1.82) is 0 Å². The third kappa shape index (κ3) is 2.80. The molecule has 0 aliphatic carbocycles. The normalized spacial score (nSPS) is 10.1. The average Bonchev–Trinajstić information content (AvgIpc) is 2.05. The third-order valence-corrected chi connectivity index (χ3v) is 1.47. The van der Waals surface area contributed by atoms with Crippen molar-refractivity contribution in [3.8, 4) is 0 Å². The number of carbonyl (C=O) groups excluding carboxylic acids is 2. The van der Waals surface area contributed by atoms with Crippen LogP contribution in [0.25, 0.3) is 5.53 Å². The summed E-state index contributed by atoms with van der Waals surface area (Å²) in [5.41, 5.74) is 7.11. The van der Waals surface area contributed by atoms with Crippen LogP contribution in [0.2, 0.25) is 0 Å². The van der Waals surface area contributed by atoms with Gasteiger partial charge in [-0.05, 0) is 20.8 Å². The van der Waals surface area contributed by atoms with Crippen LogP contribution in [-0.4, -0.2) is 29.4 Å². The summed E-state index contributed by atoms with van der Waals surface area (Å²) >= 11 is 0. The number of carbonyl (C=O) groups is 2. The Bertz CT molecular complexity index is 265. The molecule has 0 aromatic carbocycles. The minimum absolute atomic E-state index is 0.173. The van der Waals surface area contributed by atoms with Crippen LogP contribution in [0.5, 0.6) is 0 Å². The Labute approximate surface area is 76.3 Å². The van der Waals surface area contributed by atoms with Crippen LogP contribution in [0.15, 0.2) is 0 Å². The fourth-order valence-electron chi connectivity index (χ4n) is 0.688. The first-order valence-corrected chi connectivity index (χ1v) is 3.85. The van der Waals surface area contributed by atoms with E-state index in [1.807, 2.05) is 0 Å². The summed E-state index contributed by atoms with van der Waals surface area (Å²) in [5.74, 6) is -0.776. The second kappa shape index (κ2) is 4.52. The maximum absolute atomic E-state index is 11.1. The molecule has 0 radical (unpaired) electrons. The smallest absolute Gasteiger partial charge is 0.417 e. The Kier molecular flexibility index (Phi) is 4.01. The van der Waals surface area contributed by atoms with Gasteiger partial charge in [-0.15, -0.1) is 0 Å². The summed E-state index contributed by atoms with van der Waals surface area (Å²) in [4.78, 5) is 24.4. The van der Waals surface area contributed by atoms with Crippen molar-refractivity contribution in [1.82, 2.24) is 0 Å². The lowest BCUT2D eigenvalue weighted by molar-refractivity contribution is -0.142. The molecule has 0 spiro atoms. The minimum atomic E-state index is -1.12. The molecule has 0 bridgehead atoms. The molecule has 72 valence electrons. The van der Waals surface area contributed by atoms with E-state index in [1.54, 1.807) is 6.92 Å². The maximum Gasteiger partial charge on any atom is 0.417 e. The third-order valence-electron chi connectivity index (χ3n) is 1.47. The van der Waals surface area contributed by atoms with E-state index >= 15 is 0 Å². The quantitative estimate of drug-likeness (QED) is 0.209. The molecule has 0 heterocycles. The lowest BCUT2D eigenvalue weighted by Crippen LogP contribution is -2.35. The zero-order valence-corrected chi connectivity index (χ0v) is 7.90. The lowest BCUT2D eigenvalue weighted by atomic mass is 9.89. The number of hydrogen-bond acceptors (Lipinski definition) is 3. The zero-order chi connectivity index (χ0) is 10.5. The Morgan fingerprint density at radius 3 is 2.46 bits per heavy atom. The summed E-state index contributed by atoms with van der Waals surface area (Å²) in [7, 11) is 0. The summed E-state index contributed by atoms with van der Waals surface area (Å²) < 4.78 is 4.59. The van der Waals surface area contributed by atoms with Gasteiger partial charge in [0.25, 0.3) is 0 Å². The first-order valence-electron chi connectivity index (χ1n) is 3.85. The molecule has 0 aromatic rings. The molecular weight excluding hydrogens is 172 g/mol. The van der Waals surface area contributed by atoms with E-state index in [2.05, 4.69) is 9.53 Å². The first-order chi connectivity index (χ1) is 5.99. The highest BCUT2D eigenvalue weighted by Gasteiger charge is 2.39. The van der Waals surface area contributed by atoms with E-state index in [-0.39, 0.29) is 12.3 Å². The number of esters is 1. The van der Waals surface area contributed by atoms with Gasteiger partial charge in [0.1, 0.15) is 11.7 Å². The fourth-order valence-corrected chi connectivity index (χ4v) is 0.688. The van der Waals surface area contributed by atoms with Crippen molar-refractivity contribution in [2.45, 2.75) is 20.8 Å². The van der Waals surface area contributed by atoms with E-state index in [9.17, 15) is 9.59 Å². The van der Waals surface area contributed by atoms with Crippen LogP contribution in [0, 0.1) is 5.41 Å². The molecule has 0 saturated carbocycles. The molecule has 0 amide bonds. The number of rotatable bonds is 4. The molecule has 0 aliphatic heterocycles. The summed E-state index contributed by atoms with van der Waals surface area (Å²) in [6, 6.07) is 0. The van der Waals surface area contributed by atoms with Gasteiger partial charge in [-0.25, -0.2) is 4.79 Å². The molecule has 0 aliphatic rings. The van der Waals surface area contributed by atoms with Gasteiger partial charge in [0, 0.05) is 0 Å². The molecule has 5 nitrogen and oxygen atoms in total. The highest BCUT2D eigenvalue weighted by molar-refractivity contribution is 6.38. The average molecular weight is 184 g/mol. The van der Waals surface area contributed by atoms with E-state index < -0.39 is 11.4 Å². The van der Waals surface area contributed by atoms with Crippen LogP contribution in [0.3, 0.4) is 0 Å². The fraction of sp³-hybridized carbons (Fsp3) is 0.625. The Hall–Kier alpha value is -1.48. The van der Waals surface area contributed by atoms with Crippen molar-refractivity contribution in [3.05, 3.63) is 5.53 Å². The lowest BCUT2D eigenvalue weighted by Gasteiger charge is -2.09. The Balaban J connectivity index is 4.84. The van der Waals surface area contributed by atoms with Crippen LogP contribution >= 0.6 is 0 Å². The highest BCUT2D eigenvalue weighted by Crippen LogP contribution is 2.13. The van der Waals surface area contributed by atoms with E-state index in [0.29, 0.717) is 6.29 Å². The molecule has 13 heavy (non-hydrogen) atoms. The number of nitrogens with zero attached hydrogens (tertiary/aromatic N) is 2. The SMILES string of the molecule is CCOC(=O)C(=[N+]=[N-])C(C)(C)C=O. The van der Waals surface area contributed by atoms with Gasteiger partial charge in [0.2, 0.25) is 0 Å². The topological polar surface area (TPSA) is 79.8 Å². The van der Waals surface area contributed by atoms with Crippen LogP contribution in [0.1, 0.15) is 20.8 Å². The minimum Gasteiger partial charge on any atom is -0.457 e. The van der Waals surface area contributed by atoms with Gasteiger partial charge in [-0.3, -0.25) is 0 Å². The predicted molar refractivity (Wildman–Crippen MR) is 45.1 cm³/mol. The van der Waals surface area contributed by atoms with Gasteiger partial charge in [-0.1, -0.05) is 0 Å². The van der Waals surface area contributed by atoms with Crippen LogP contribution in [0.4, 0.5) is 0 Å². The summed E-state index contributed by atoms with van der Waals surface area (Å²) in [6.07, 6.45) is 0.527. The van der Waals surface area contributed by atoms with E-state index in [4.69, 9.17) is 5.53 Å². The molecule has 0 saturated heterocycles. The molecule has 0 fully saturated rings. The van der Waals surface area contributed by atoms with Crippen molar-refractivity contribution < 1.29 is 19.1 Å². The monoisotopic (exact) mass is 184 g/mol. The molecular formula is C8H12N2O3. The van der Waals surface area contributed by atoms with E-state index in [1.165, 1.54) is 13.8 Å². The molecule has 5 heteroatoms. The number of ether oxygens (including phenoxy) is 1. The summed E-state index contributed by atoms with van der Waals surface area (Å²) in [5, 5.41) is 0. The van der Waals surface area contributed by atoms with Crippen LogP contribution in [-0.2, 0) is 14.3 Å². The Morgan fingerprint density at radius 2 is 2.15 bits per heavy atom. The van der Waals surface area contributed by atoms with E-state index in [0.717, 1.165) is 0 Å². The van der Waals surface area contributed by atoms with Crippen molar-refractivity contribution in [3.63, 3.8) is 0 Å². The number of aldehydes is 1. The Morgan fingerprint density at radius 1 is 1.62 bits per heavy atom. The summed E-state index contributed by atoms with van der Waals surface area (Å²) in [6.45, 7) is 4.73. The van der Waals surface area contributed by atoms with Crippen molar-refractivity contribution >= 4 is 18.0 Å². The van der Waals surface area contributed by atoms with Crippen molar-refractivity contribution in [2.24, 2.45) is 5.41 Å². The van der Waals surface area contributed by atoms with Gasteiger partial charge in [0.05, 0.1) is 6.61 Å². The zero-order valence-electron chi connectivity index (χ0n) is 7.90. The van der Waals surface area contributed by atoms with Crippen LogP contribution < -0.4 is 0 Å². The largest absolute Gasteiger partial charge is 0.457 e. The first kappa shape index (κ1) is 11.5. The van der Waals surface area contributed by atoms with Crippen molar-refractivity contribution in [2.75, 3.05) is 6.61 Å². The molecule has 0 atom stereocenters. The van der Waals surface area contributed by atoms with Gasteiger partial charge >= 0.3 is 11.7 Å². The second-order valence-electron chi connectivity index (χ2n) is 3.01. The molecule has 0 aromatic heterocycles. The molecule has 0 N–H and O–H groups in total. The molecule has 0 rings (SSSR count). The van der Waals surface area contributed by atoms with Gasteiger partial charge in [-0.2, -0.15) is 4.79 Å². The number of hydrogen-bond donors (Lipinski definition) is 0.